The van der Waals surface area contributed by atoms with Crippen molar-refractivity contribution in [2.75, 3.05) is 12.3 Å². The number of hydrogen-bond acceptors (Lipinski definition) is 8. The summed E-state index contributed by atoms with van der Waals surface area (Å²) in [7, 11) is 0. The monoisotopic (exact) mass is 357 g/mol. The number of anilines is 1. The number of nitrogens with one attached hydrogen (secondary N) is 1. The molecule has 136 valence electrons. The van der Waals surface area contributed by atoms with Crippen molar-refractivity contribution in [2.24, 2.45) is 0 Å². The van der Waals surface area contributed by atoms with Crippen LogP contribution in [0.3, 0.4) is 0 Å². The van der Waals surface area contributed by atoms with Gasteiger partial charge in [0.1, 0.15) is 24.1 Å². The van der Waals surface area contributed by atoms with E-state index in [9.17, 15) is 10.2 Å². The smallest absolute Gasteiger partial charge is 0.167 e. The van der Waals surface area contributed by atoms with Crippen LogP contribution in [0.15, 0.2) is 43.0 Å². The number of fused-ring (bicyclic) bond motifs is 1. The van der Waals surface area contributed by atoms with E-state index in [4.69, 9.17) is 10.5 Å². The fourth-order valence-corrected chi connectivity index (χ4v) is 3.24. The summed E-state index contributed by atoms with van der Waals surface area (Å²) in [4.78, 5) is 12.4. The first-order valence-electron chi connectivity index (χ1n) is 8.33. The molecule has 1 aliphatic rings. The van der Waals surface area contributed by atoms with Crippen LogP contribution in [0.4, 0.5) is 5.82 Å². The average molecular weight is 357 g/mol. The predicted octanol–water partition coefficient (Wildman–Crippen LogP) is -0.182. The van der Waals surface area contributed by atoms with E-state index in [-0.39, 0.29) is 12.4 Å². The summed E-state index contributed by atoms with van der Waals surface area (Å²) in [6, 6.07) is 9.39. The van der Waals surface area contributed by atoms with Crippen molar-refractivity contribution in [3.05, 3.63) is 48.5 Å². The molecular weight excluding hydrogens is 337 g/mol. The van der Waals surface area contributed by atoms with Gasteiger partial charge in [0, 0.05) is 6.54 Å². The van der Waals surface area contributed by atoms with E-state index in [0.717, 1.165) is 5.56 Å². The molecule has 0 amide bonds. The van der Waals surface area contributed by atoms with E-state index in [1.54, 1.807) is 10.9 Å². The number of hydrogen-bond donors (Lipinski definition) is 4. The van der Waals surface area contributed by atoms with E-state index >= 15 is 0 Å². The average Bonchev–Trinajstić information content (AvgIpc) is 3.23. The van der Waals surface area contributed by atoms with Gasteiger partial charge in [-0.2, -0.15) is 0 Å². The number of imidazole rings is 1. The highest BCUT2D eigenvalue weighted by molar-refractivity contribution is 5.81. The van der Waals surface area contributed by atoms with Gasteiger partial charge in [0.05, 0.1) is 19.0 Å². The molecule has 9 nitrogen and oxygen atoms in total. The fourth-order valence-electron chi connectivity index (χ4n) is 3.24. The largest absolute Gasteiger partial charge is 0.394 e. The summed E-state index contributed by atoms with van der Waals surface area (Å²) < 4.78 is 7.58. The zero-order valence-electron chi connectivity index (χ0n) is 13.9. The lowest BCUT2D eigenvalue weighted by molar-refractivity contribution is -0.0441. The van der Waals surface area contributed by atoms with Gasteiger partial charge in [-0.05, 0) is 5.56 Å². The Morgan fingerprint density at radius 2 is 2.00 bits per heavy atom. The number of aliphatic hydroxyl groups excluding tert-OH is 2. The molecule has 0 bridgehead atoms. The minimum atomic E-state index is -0.884. The lowest BCUT2D eigenvalue weighted by atomic mass is 10.1. The van der Waals surface area contributed by atoms with Crippen molar-refractivity contribution >= 4 is 17.0 Å². The summed E-state index contributed by atoms with van der Waals surface area (Å²) in [6.07, 6.45) is 0.738. The number of benzene rings is 1. The molecule has 1 aromatic carbocycles. The zero-order valence-corrected chi connectivity index (χ0v) is 13.9. The van der Waals surface area contributed by atoms with Crippen LogP contribution in [0, 0.1) is 0 Å². The summed E-state index contributed by atoms with van der Waals surface area (Å²) in [5, 5.41) is 23.4. The number of nitrogens with zero attached hydrogens (tertiary/aromatic N) is 4. The first kappa shape index (κ1) is 16.9. The summed E-state index contributed by atoms with van der Waals surface area (Å²) in [5.74, 6) is 0.278. The first-order valence-corrected chi connectivity index (χ1v) is 8.33. The maximum Gasteiger partial charge on any atom is 0.167 e. The van der Waals surface area contributed by atoms with Crippen molar-refractivity contribution in [1.29, 1.82) is 0 Å². The molecule has 1 saturated heterocycles. The van der Waals surface area contributed by atoms with Gasteiger partial charge >= 0.3 is 0 Å². The third-order valence-electron chi connectivity index (χ3n) is 4.60. The highest BCUT2D eigenvalue weighted by atomic mass is 16.5. The number of ether oxygens (including phenoxy) is 1. The molecule has 26 heavy (non-hydrogen) atoms. The predicted molar refractivity (Wildman–Crippen MR) is 93.8 cm³/mol. The second kappa shape index (κ2) is 6.96. The lowest BCUT2D eigenvalue weighted by Crippen LogP contribution is -2.43. The Kier molecular flexibility index (Phi) is 4.51. The molecule has 0 spiro atoms. The Labute approximate surface area is 149 Å². The van der Waals surface area contributed by atoms with Crippen LogP contribution in [0.25, 0.3) is 11.2 Å². The molecule has 1 fully saturated rings. The molecule has 1 aliphatic heterocycles. The van der Waals surface area contributed by atoms with Crippen LogP contribution in [-0.2, 0) is 11.3 Å². The van der Waals surface area contributed by atoms with Crippen molar-refractivity contribution < 1.29 is 14.9 Å². The molecule has 0 radical (unpaired) electrons. The SMILES string of the molecule is Nc1ncnc2c1ncn2[C@@H]1O[C@H](CO)[C@@H](O)[C@H]1[15NH]Cc1ccccc1. The van der Waals surface area contributed by atoms with E-state index in [0.29, 0.717) is 17.7 Å². The summed E-state index contributed by atoms with van der Waals surface area (Å²) in [5.41, 5.74) is 7.91. The normalized spacial score (nSPS) is 25.8. The fraction of sp³-hybridized carbons (Fsp3) is 0.353. The number of aliphatic hydroxyl groups is 2. The minimum Gasteiger partial charge on any atom is -0.394 e. The van der Waals surface area contributed by atoms with Crippen molar-refractivity contribution in [3.63, 3.8) is 0 Å². The standard InChI is InChI=1S/C17H20N6O3/c18-15-13-16(21-8-20-15)23(9-22-13)17-12(14(25)11(7-24)26-17)19-6-10-4-2-1-3-5-10/h1-5,8-9,11-12,14,17,19,24-25H,6-7H2,(H2,18,20,21)/t11-,12-,14-,17-/m1/s1/i19+1. The Morgan fingerprint density at radius 3 is 2.77 bits per heavy atom. The van der Waals surface area contributed by atoms with Gasteiger partial charge < -0.3 is 26.0 Å². The highest BCUT2D eigenvalue weighted by Gasteiger charge is 2.44. The van der Waals surface area contributed by atoms with Gasteiger partial charge in [0.25, 0.3) is 0 Å². The number of aromatic nitrogens is 4. The molecule has 5 N–H and O–H groups in total. The van der Waals surface area contributed by atoms with E-state index < -0.39 is 24.5 Å². The van der Waals surface area contributed by atoms with Gasteiger partial charge in [-0.15, -0.1) is 0 Å². The molecule has 3 aromatic rings. The molecule has 3 heterocycles. The Hall–Kier alpha value is -2.59. The molecule has 4 rings (SSSR count). The quantitative estimate of drug-likeness (QED) is 0.462. The van der Waals surface area contributed by atoms with Crippen LogP contribution in [0.5, 0.6) is 0 Å². The molecule has 2 aromatic heterocycles. The Balaban J connectivity index is 1.64. The highest BCUT2D eigenvalue weighted by Crippen LogP contribution is 2.32. The van der Waals surface area contributed by atoms with E-state index in [1.165, 1.54) is 6.33 Å². The molecule has 0 saturated carbocycles. The molecular formula is C17H20N6O3. The van der Waals surface area contributed by atoms with Gasteiger partial charge in [-0.1, -0.05) is 30.3 Å². The van der Waals surface area contributed by atoms with Crippen LogP contribution in [0.1, 0.15) is 11.8 Å². The van der Waals surface area contributed by atoms with Gasteiger partial charge in [0.15, 0.2) is 17.7 Å². The minimum absolute atomic E-state index is 0.278. The Bertz CT molecular complexity index is 887. The first-order chi connectivity index (χ1) is 12.7. The second-order valence-corrected chi connectivity index (χ2v) is 6.21. The third kappa shape index (κ3) is 2.90. The Morgan fingerprint density at radius 1 is 1.19 bits per heavy atom. The lowest BCUT2D eigenvalue weighted by Gasteiger charge is -2.23. The molecule has 4 atom stereocenters. The number of nitrogen functional groups attached to an aromatic ring is 1. The molecule has 9 heteroatoms. The van der Waals surface area contributed by atoms with Crippen LogP contribution in [-0.4, -0.2) is 54.6 Å². The maximum atomic E-state index is 10.6. The topological polar surface area (TPSA) is 131 Å². The van der Waals surface area contributed by atoms with Gasteiger partial charge in [-0.25, -0.2) is 15.0 Å². The number of rotatable bonds is 5. The van der Waals surface area contributed by atoms with E-state index in [2.05, 4.69) is 20.3 Å². The summed E-state index contributed by atoms with van der Waals surface area (Å²) in [6.45, 7) is 0.259. The maximum absolute atomic E-state index is 10.6. The summed E-state index contributed by atoms with van der Waals surface area (Å²) >= 11 is 0. The number of nitrogens with two attached hydrogens (primary N) is 1. The molecule has 0 unspecified atom stereocenters. The van der Waals surface area contributed by atoms with Crippen LogP contribution >= 0.6 is 0 Å². The third-order valence-corrected chi connectivity index (χ3v) is 4.60. The zero-order chi connectivity index (χ0) is 18.1. The van der Waals surface area contributed by atoms with Gasteiger partial charge in [0.2, 0.25) is 0 Å². The van der Waals surface area contributed by atoms with Crippen LogP contribution < -0.4 is 11.1 Å². The molecule has 0 aliphatic carbocycles. The van der Waals surface area contributed by atoms with Gasteiger partial charge in [-0.3, -0.25) is 4.57 Å². The van der Waals surface area contributed by atoms with Crippen molar-refractivity contribution in [3.8, 4) is 0 Å². The van der Waals surface area contributed by atoms with Crippen molar-refractivity contribution in [2.45, 2.75) is 31.0 Å². The van der Waals surface area contributed by atoms with E-state index in [1.807, 2.05) is 30.3 Å². The van der Waals surface area contributed by atoms with Crippen molar-refractivity contribution in [1.82, 2.24) is 24.8 Å². The van der Waals surface area contributed by atoms with Crippen LogP contribution in [0.2, 0.25) is 0 Å². The second-order valence-electron chi connectivity index (χ2n) is 6.21.